The molecule has 1 atom stereocenters. The zero-order chi connectivity index (χ0) is 13.1. The summed E-state index contributed by atoms with van der Waals surface area (Å²) in [5.74, 6) is 0.831. The van der Waals surface area contributed by atoms with Gasteiger partial charge in [-0.3, -0.25) is 0 Å². The predicted octanol–water partition coefficient (Wildman–Crippen LogP) is 4.02. The summed E-state index contributed by atoms with van der Waals surface area (Å²) in [6.07, 6.45) is 3.61. The van der Waals surface area contributed by atoms with E-state index in [0.717, 1.165) is 35.3 Å². The minimum Gasteiger partial charge on any atom is -0.389 e. The zero-order valence-electron chi connectivity index (χ0n) is 11.2. The van der Waals surface area contributed by atoms with E-state index in [1.165, 1.54) is 19.3 Å². The summed E-state index contributed by atoms with van der Waals surface area (Å²) in [6, 6.07) is 5.88. The van der Waals surface area contributed by atoms with Crippen LogP contribution in [0.4, 0.5) is 5.69 Å². The summed E-state index contributed by atoms with van der Waals surface area (Å²) in [5.41, 5.74) is 1.97. The fourth-order valence-corrected chi connectivity index (χ4v) is 2.73. The van der Waals surface area contributed by atoms with Gasteiger partial charge in [-0.1, -0.05) is 24.1 Å². The van der Waals surface area contributed by atoms with Crippen LogP contribution in [0.25, 0.3) is 0 Å². The highest BCUT2D eigenvalue weighted by Crippen LogP contribution is 2.33. The minimum absolute atomic E-state index is 0.460. The molecule has 1 aromatic rings. The average Bonchev–Trinajstić information content (AvgIpc) is 2.29. The first-order chi connectivity index (χ1) is 8.61. The number of hydrogen-bond acceptors (Lipinski definition) is 2. The zero-order valence-corrected chi connectivity index (χ0v) is 12.0. The molecule has 1 saturated carbocycles. The molecule has 0 bridgehead atoms. The van der Waals surface area contributed by atoms with Crippen molar-refractivity contribution in [3.8, 4) is 0 Å². The molecule has 1 N–H and O–H groups in total. The lowest BCUT2D eigenvalue weighted by molar-refractivity contribution is 0.199. The lowest BCUT2D eigenvalue weighted by Crippen LogP contribution is -2.32. The van der Waals surface area contributed by atoms with Crippen LogP contribution in [0.5, 0.6) is 0 Å². The van der Waals surface area contributed by atoms with Crippen LogP contribution in [0.3, 0.4) is 0 Å². The fraction of sp³-hybridized carbons (Fsp3) is 0.600. The SMILES string of the molecule is CCN(CC1CCC1)c1ccc(C(C)O)cc1Cl. The highest BCUT2D eigenvalue weighted by atomic mass is 35.5. The van der Waals surface area contributed by atoms with Gasteiger partial charge in [0.2, 0.25) is 0 Å². The summed E-state index contributed by atoms with van der Waals surface area (Å²) in [5, 5.41) is 10.3. The average molecular weight is 268 g/mol. The first-order valence-corrected chi connectivity index (χ1v) is 7.22. The highest BCUT2D eigenvalue weighted by Gasteiger charge is 2.21. The van der Waals surface area contributed by atoms with E-state index < -0.39 is 6.10 Å². The van der Waals surface area contributed by atoms with Gasteiger partial charge < -0.3 is 10.0 Å². The lowest BCUT2D eigenvalue weighted by Gasteiger charge is -2.33. The van der Waals surface area contributed by atoms with Crippen molar-refractivity contribution >= 4 is 17.3 Å². The second kappa shape index (κ2) is 5.94. The van der Waals surface area contributed by atoms with E-state index >= 15 is 0 Å². The van der Waals surface area contributed by atoms with E-state index in [9.17, 15) is 5.11 Å². The van der Waals surface area contributed by atoms with Crippen molar-refractivity contribution in [1.82, 2.24) is 0 Å². The summed E-state index contributed by atoms with van der Waals surface area (Å²) in [6.45, 7) is 6.00. The van der Waals surface area contributed by atoms with Gasteiger partial charge in [0.25, 0.3) is 0 Å². The number of hydrogen-bond donors (Lipinski definition) is 1. The normalized spacial score (nSPS) is 17.3. The molecule has 2 rings (SSSR count). The van der Waals surface area contributed by atoms with E-state index in [2.05, 4.69) is 11.8 Å². The van der Waals surface area contributed by atoms with Gasteiger partial charge in [-0.25, -0.2) is 0 Å². The van der Waals surface area contributed by atoms with E-state index in [0.29, 0.717) is 0 Å². The van der Waals surface area contributed by atoms with Crippen LogP contribution in [-0.4, -0.2) is 18.2 Å². The van der Waals surface area contributed by atoms with Gasteiger partial charge in [0.15, 0.2) is 0 Å². The third-order valence-electron chi connectivity index (χ3n) is 3.88. The smallest absolute Gasteiger partial charge is 0.0762 e. The molecule has 0 spiro atoms. The van der Waals surface area contributed by atoms with Crippen LogP contribution in [-0.2, 0) is 0 Å². The van der Waals surface area contributed by atoms with Crippen molar-refractivity contribution in [2.75, 3.05) is 18.0 Å². The molecule has 0 aliphatic heterocycles. The van der Waals surface area contributed by atoms with Crippen molar-refractivity contribution in [3.63, 3.8) is 0 Å². The van der Waals surface area contributed by atoms with E-state index in [-0.39, 0.29) is 0 Å². The van der Waals surface area contributed by atoms with Crippen LogP contribution >= 0.6 is 11.6 Å². The lowest BCUT2D eigenvalue weighted by atomic mass is 9.85. The van der Waals surface area contributed by atoms with E-state index in [1.807, 2.05) is 18.2 Å². The molecular formula is C15H22ClNO. The summed E-state index contributed by atoms with van der Waals surface area (Å²) in [4.78, 5) is 2.35. The van der Waals surface area contributed by atoms with Crippen LogP contribution in [0, 0.1) is 5.92 Å². The Hall–Kier alpha value is -0.730. The quantitative estimate of drug-likeness (QED) is 0.871. The molecule has 0 saturated heterocycles. The second-order valence-corrected chi connectivity index (χ2v) is 5.63. The highest BCUT2D eigenvalue weighted by molar-refractivity contribution is 6.33. The Kier molecular flexibility index (Phi) is 4.52. The molecule has 0 aromatic heterocycles. The number of rotatable bonds is 5. The van der Waals surface area contributed by atoms with Crippen molar-refractivity contribution in [2.24, 2.45) is 5.92 Å². The third kappa shape index (κ3) is 2.99. The molecule has 100 valence electrons. The van der Waals surface area contributed by atoms with Crippen molar-refractivity contribution in [3.05, 3.63) is 28.8 Å². The Morgan fingerprint density at radius 1 is 1.44 bits per heavy atom. The predicted molar refractivity (Wildman–Crippen MR) is 77.3 cm³/mol. The Morgan fingerprint density at radius 2 is 2.17 bits per heavy atom. The Morgan fingerprint density at radius 3 is 2.61 bits per heavy atom. The number of nitrogens with zero attached hydrogens (tertiary/aromatic N) is 1. The first kappa shape index (κ1) is 13.7. The molecule has 0 radical (unpaired) electrons. The molecule has 1 aliphatic rings. The van der Waals surface area contributed by atoms with Crippen molar-refractivity contribution in [2.45, 2.75) is 39.2 Å². The minimum atomic E-state index is -0.460. The maximum absolute atomic E-state index is 9.56. The van der Waals surface area contributed by atoms with Gasteiger partial charge in [-0.05, 0) is 50.3 Å². The van der Waals surface area contributed by atoms with Gasteiger partial charge in [-0.15, -0.1) is 0 Å². The van der Waals surface area contributed by atoms with Gasteiger partial charge in [0.05, 0.1) is 16.8 Å². The molecule has 2 nitrogen and oxygen atoms in total. The third-order valence-corrected chi connectivity index (χ3v) is 4.18. The Bertz CT molecular complexity index is 401. The summed E-state index contributed by atoms with van der Waals surface area (Å²) < 4.78 is 0. The van der Waals surface area contributed by atoms with Crippen LogP contribution in [0.1, 0.15) is 44.8 Å². The molecule has 0 heterocycles. The summed E-state index contributed by atoms with van der Waals surface area (Å²) in [7, 11) is 0. The fourth-order valence-electron chi connectivity index (χ4n) is 2.42. The van der Waals surface area contributed by atoms with Gasteiger partial charge in [0.1, 0.15) is 0 Å². The maximum Gasteiger partial charge on any atom is 0.0762 e. The molecule has 1 unspecified atom stereocenters. The van der Waals surface area contributed by atoms with Crippen LogP contribution in [0.2, 0.25) is 5.02 Å². The number of aliphatic hydroxyl groups is 1. The molecule has 1 aliphatic carbocycles. The first-order valence-electron chi connectivity index (χ1n) is 6.84. The largest absolute Gasteiger partial charge is 0.389 e. The molecule has 1 fully saturated rings. The number of anilines is 1. The van der Waals surface area contributed by atoms with Crippen LogP contribution < -0.4 is 4.90 Å². The van der Waals surface area contributed by atoms with Gasteiger partial charge in [0, 0.05) is 13.1 Å². The number of halogens is 1. The molecule has 18 heavy (non-hydrogen) atoms. The van der Waals surface area contributed by atoms with Crippen molar-refractivity contribution in [1.29, 1.82) is 0 Å². The molecule has 3 heteroatoms. The Balaban J connectivity index is 2.14. The number of benzene rings is 1. The molecular weight excluding hydrogens is 246 g/mol. The van der Waals surface area contributed by atoms with E-state index in [4.69, 9.17) is 11.6 Å². The van der Waals surface area contributed by atoms with Gasteiger partial charge >= 0.3 is 0 Å². The van der Waals surface area contributed by atoms with Gasteiger partial charge in [-0.2, -0.15) is 0 Å². The van der Waals surface area contributed by atoms with E-state index in [1.54, 1.807) is 6.92 Å². The van der Waals surface area contributed by atoms with Crippen LogP contribution in [0.15, 0.2) is 18.2 Å². The monoisotopic (exact) mass is 267 g/mol. The summed E-state index contributed by atoms with van der Waals surface area (Å²) >= 11 is 6.34. The van der Waals surface area contributed by atoms with Crippen molar-refractivity contribution < 1.29 is 5.11 Å². The molecule has 1 aromatic carbocycles. The second-order valence-electron chi connectivity index (χ2n) is 5.22. The standard InChI is InChI=1S/C15H22ClNO/c1-3-17(10-12-5-4-6-12)15-8-7-13(11(2)18)9-14(15)16/h7-9,11-12,18H,3-6,10H2,1-2H3. The topological polar surface area (TPSA) is 23.5 Å². The number of aliphatic hydroxyl groups excluding tert-OH is 1. The Labute approximate surface area is 115 Å². The maximum atomic E-state index is 9.56. The molecule has 0 amide bonds.